The number of benzene rings is 10. The van der Waals surface area contributed by atoms with E-state index in [1.54, 1.807) is 0 Å². The molecule has 10 rings (SSSR count). The quantitative estimate of drug-likeness (QED) is 0.0798. The Hall–Kier alpha value is -6.08. The third-order valence-corrected chi connectivity index (χ3v) is 22.6. The fraction of sp³-hybridized carbons (Fsp3) is 0.0625. The highest BCUT2D eigenvalue weighted by atomic mass is 31.1. The molecule has 0 atom stereocenters. The number of hydrogen-bond acceptors (Lipinski definition) is 0. The summed E-state index contributed by atoms with van der Waals surface area (Å²) >= 11 is 0. The van der Waals surface area contributed by atoms with E-state index < -0.39 is 31.7 Å². The number of hydrogen-bond donors (Lipinski definition) is 0. The summed E-state index contributed by atoms with van der Waals surface area (Å²) in [4.78, 5) is 0. The van der Waals surface area contributed by atoms with Crippen LogP contribution in [0.2, 0.25) is 0 Å². The lowest BCUT2D eigenvalue weighted by Gasteiger charge is -2.26. The van der Waals surface area contributed by atoms with Crippen molar-refractivity contribution in [1.82, 2.24) is 0 Å². The van der Waals surface area contributed by atoms with Gasteiger partial charge in [0.05, 0.1) is 0 Å². The topological polar surface area (TPSA) is 0 Å². The van der Waals surface area contributed by atoms with Gasteiger partial charge >= 0.3 is 0 Å². The minimum Gasteiger partial charge on any atom is -0.0622 e. The lowest BCUT2D eigenvalue weighted by atomic mass is 9.93. The molecule has 0 fully saturated rings. The van der Waals surface area contributed by atoms with E-state index in [-0.39, 0.29) is 0 Å². The zero-order valence-corrected chi connectivity index (χ0v) is 41.8. The smallest absolute Gasteiger partial charge is 0.00136 e. The zero-order valence-electron chi connectivity index (χ0n) is 38.2. The molecule has 0 amide bonds. The maximum Gasteiger partial charge on any atom is 0.00136 e. The van der Waals surface area contributed by atoms with Gasteiger partial charge in [-0.1, -0.05) is 279 Å². The van der Waals surface area contributed by atoms with Crippen LogP contribution in [0.15, 0.2) is 279 Å². The molecule has 68 heavy (non-hydrogen) atoms. The summed E-state index contributed by atoms with van der Waals surface area (Å²) in [5.41, 5.74) is 8.32. The first-order chi connectivity index (χ1) is 33.7. The molecular formula is C64H54P4. The van der Waals surface area contributed by atoms with E-state index in [9.17, 15) is 0 Å². The van der Waals surface area contributed by atoms with Crippen LogP contribution >= 0.6 is 31.7 Å². The minimum atomic E-state index is -0.702. The van der Waals surface area contributed by atoms with E-state index in [1.165, 1.54) is 75.8 Å². The third-order valence-electron chi connectivity index (χ3n) is 12.5. The molecule has 0 aliphatic rings. The van der Waals surface area contributed by atoms with Gasteiger partial charge in [-0.2, -0.15) is 0 Å². The van der Waals surface area contributed by atoms with Crippen LogP contribution in [0.5, 0.6) is 0 Å². The molecule has 0 aliphatic heterocycles. The Morgan fingerprint density at radius 2 is 0.382 bits per heavy atom. The van der Waals surface area contributed by atoms with Crippen LogP contribution in [0, 0.1) is 0 Å². The van der Waals surface area contributed by atoms with Crippen LogP contribution in [-0.4, -0.2) is 0 Å². The summed E-state index contributed by atoms with van der Waals surface area (Å²) in [6.45, 7) is 0. The normalized spacial score (nSPS) is 11.4. The summed E-state index contributed by atoms with van der Waals surface area (Å²) in [6, 6.07) is 105. The molecule has 0 radical (unpaired) electrons. The lowest BCUT2D eigenvalue weighted by Crippen LogP contribution is -2.15. The van der Waals surface area contributed by atoms with Crippen molar-refractivity contribution in [2.75, 3.05) is 0 Å². The summed E-state index contributed by atoms with van der Waals surface area (Å²) < 4.78 is 0. The summed E-state index contributed by atoms with van der Waals surface area (Å²) in [5, 5.41) is 11.3. The molecular weight excluding hydrogens is 893 g/mol. The fourth-order valence-corrected chi connectivity index (χ4v) is 18.4. The highest BCUT2D eigenvalue weighted by molar-refractivity contribution is 7.73. The molecule has 0 aromatic heterocycles. The zero-order chi connectivity index (χ0) is 45.7. The number of rotatable bonds is 17. The van der Waals surface area contributed by atoms with Gasteiger partial charge in [-0.15, -0.1) is 0 Å². The first-order valence-electron chi connectivity index (χ1n) is 23.5. The van der Waals surface area contributed by atoms with Crippen LogP contribution in [0.25, 0.3) is 11.1 Å². The molecule has 4 heteroatoms. The first-order valence-corrected chi connectivity index (χ1v) is 29.6. The molecule has 0 nitrogen and oxygen atoms in total. The average Bonchev–Trinajstić information content (AvgIpc) is 3.42. The molecule has 0 aliphatic carbocycles. The monoisotopic (exact) mass is 946 g/mol. The van der Waals surface area contributed by atoms with Crippen molar-refractivity contribution in [3.63, 3.8) is 0 Å². The van der Waals surface area contributed by atoms with Gasteiger partial charge < -0.3 is 0 Å². The average molecular weight is 947 g/mol. The van der Waals surface area contributed by atoms with E-state index in [4.69, 9.17) is 0 Å². The second-order valence-electron chi connectivity index (χ2n) is 17.0. The van der Waals surface area contributed by atoms with Gasteiger partial charge in [0.15, 0.2) is 0 Å². The first kappa shape index (κ1) is 45.7. The second-order valence-corrected chi connectivity index (χ2v) is 25.8. The Bertz CT molecular complexity index is 2720. The van der Waals surface area contributed by atoms with E-state index in [0.29, 0.717) is 0 Å². The molecule has 0 saturated heterocycles. The Morgan fingerprint density at radius 1 is 0.191 bits per heavy atom. The Kier molecular flexibility index (Phi) is 15.3. The van der Waals surface area contributed by atoms with Gasteiger partial charge in [-0.25, -0.2) is 0 Å². The lowest BCUT2D eigenvalue weighted by molar-refractivity contribution is 1.29. The SMILES string of the molecule is c1ccc(P(Cc2ccc(CP(c3ccccc3)c3ccccc3)c(-c3cc(CP(c4ccccc4)c4ccccc4)ccc3CP(c3ccccc3)c3ccccc3)c2)c2ccccc2)cc1. The van der Waals surface area contributed by atoms with Crippen LogP contribution in [0.1, 0.15) is 22.3 Å². The van der Waals surface area contributed by atoms with Crippen molar-refractivity contribution in [2.24, 2.45) is 0 Å². The third kappa shape index (κ3) is 11.3. The summed E-state index contributed by atoms with van der Waals surface area (Å²) in [7, 11) is -2.70. The Morgan fingerprint density at radius 3 is 0.588 bits per heavy atom. The van der Waals surface area contributed by atoms with E-state index in [1.807, 2.05) is 0 Å². The molecule has 0 spiro atoms. The molecule has 0 N–H and O–H groups in total. The van der Waals surface area contributed by atoms with Crippen molar-refractivity contribution < 1.29 is 0 Å². The second kappa shape index (κ2) is 22.8. The molecule has 0 bridgehead atoms. The molecule has 330 valence electrons. The van der Waals surface area contributed by atoms with Crippen molar-refractivity contribution in [2.45, 2.75) is 24.6 Å². The van der Waals surface area contributed by atoms with Crippen molar-refractivity contribution >= 4 is 74.1 Å². The van der Waals surface area contributed by atoms with Crippen LogP contribution in [0.3, 0.4) is 0 Å². The molecule has 0 saturated carbocycles. The Labute approximate surface area is 408 Å². The molecule has 10 aromatic carbocycles. The van der Waals surface area contributed by atoms with Crippen LogP contribution < -0.4 is 42.4 Å². The van der Waals surface area contributed by atoms with Gasteiger partial charge in [0.2, 0.25) is 0 Å². The molecule has 10 aromatic rings. The van der Waals surface area contributed by atoms with Gasteiger partial charge in [0.25, 0.3) is 0 Å². The van der Waals surface area contributed by atoms with Gasteiger partial charge in [-0.3, -0.25) is 0 Å². The molecule has 0 unspecified atom stereocenters. The highest BCUT2D eigenvalue weighted by Crippen LogP contribution is 2.47. The van der Waals surface area contributed by atoms with E-state index >= 15 is 0 Å². The maximum absolute atomic E-state index is 2.60. The van der Waals surface area contributed by atoms with Crippen molar-refractivity contribution in [3.05, 3.63) is 301 Å². The largest absolute Gasteiger partial charge is 0.0622 e. The van der Waals surface area contributed by atoms with Crippen LogP contribution in [-0.2, 0) is 24.6 Å². The predicted octanol–water partition coefficient (Wildman–Crippen LogP) is 13.9. The minimum absolute atomic E-state index is 0.649. The van der Waals surface area contributed by atoms with E-state index in [2.05, 4.69) is 279 Å². The predicted molar refractivity (Wildman–Crippen MR) is 303 cm³/mol. The van der Waals surface area contributed by atoms with E-state index in [0.717, 1.165) is 24.6 Å². The summed E-state index contributed by atoms with van der Waals surface area (Å²) in [5.74, 6) is 0. The maximum atomic E-state index is 2.60. The van der Waals surface area contributed by atoms with Gasteiger partial charge in [0, 0.05) is 24.6 Å². The summed E-state index contributed by atoms with van der Waals surface area (Å²) in [6.07, 6.45) is 3.82. The molecule has 0 heterocycles. The van der Waals surface area contributed by atoms with Crippen molar-refractivity contribution in [3.8, 4) is 11.1 Å². The van der Waals surface area contributed by atoms with Crippen molar-refractivity contribution in [1.29, 1.82) is 0 Å². The Balaban J connectivity index is 1.17. The standard InChI is InChI=1S/C64H54P4/c1-9-25-55(26-10-1)65(56-27-11-2-12-28-56)47-51-41-43-53(49-67(59-33-17-5-18-34-59)60-35-19-6-20-36-60)63(45-51)64-46-52(48-66(57-29-13-3-14-30-57)58-31-15-4-16-32-58)42-44-54(64)50-68(61-37-21-7-22-38-61)62-39-23-8-24-40-62/h1-46H,47-50H2. The van der Waals surface area contributed by atoms with Gasteiger partial charge in [-0.05, 0) is 108 Å². The van der Waals surface area contributed by atoms with Gasteiger partial charge in [0.1, 0.15) is 0 Å². The van der Waals surface area contributed by atoms with Crippen LogP contribution in [0.4, 0.5) is 0 Å². The fourth-order valence-electron chi connectivity index (χ4n) is 9.12. The highest BCUT2D eigenvalue weighted by Gasteiger charge is 2.24.